The van der Waals surface area contributed by atoms with Gasteiger partial charge in [0.05, 0.1) is 6.20 Å². The van der Waals surface area contributed by atoms with Gasteiger partial charge in [-0.1, -0.05) is 13.8 Å². The Morgan fingerprint density at radius 1 is 1.62 bits per heavy atom. The van der Waals surface area contributed by atoms with Crippen LogP contribution in [-0.4, -0.2) is 10.2 Å². The first-order valence-electron chi connectivity index (χ1n) is 2.79. The van der Waals surface area contributed by atoms with Gasteiger partial charge in [-0.25, -0.2) is 0 Å². The smallest absolute Gasteiger partial charge is 0.0521 e. The summed E-state index contributed by atoms with van der Waals surface area (Å²) in [5, 5.41) is 6.58. The van der Waals surface area contributed by atoms with Crippen LogP contribution in [0.4, 0.5) is 0 Å². The van der Waals surface area contributed by atoms with E-state index < -0.39 is 0 Å². The van der Waals surface area contributed by atoms with E-state index in [4.69, 9.17) is 0 Å². The molecule has 0 unspecified atom stereocenters. The molecule has 0 aliphatic rings. The van der Waals surface area contributed by atoms with Crippen LogP contribution in [0.5, 0.6) is 0 Å². The Kier molecular flexibility index (Phi) is 1.33. The molecule has 0 aliphatic heterocycles. The van der Waals surface area contributed by atoms with E-state index >= 15 is 0 Å². The van der Waals surface area contributed by atoms with Crippen molar-refractivity contribution in [2.24, 2.45) is 0 Å². The number of hydrogen-bond donors (Lipinski definition) is 1. The van der Waals surface area contributed by atoms with E-state index in [2.05, 4.69) is 24.0 Å². The van der Waals surface area contributed by atoms with Crippen LogP contribution in [-0.2, 0) is 0 Å². The summed E-state index contributed by atoms with van der Waals surface area (Å²) in [6.07, 6.45) is 3.77. The van der Waals surface area contributed by atoms with Gasteiger partial charge in [-0.15, -0.1) is 0 Å². The Labute approximate surface area is 48.9 Å². The molecule has 1 heterocycles. The number of aromatic amines is 1. The Balaban J connectivity index is 2.77. The maximum atomic E-state index is 3.82. The molecule has 1 N–H and O–H groups in total. The average molecular weight is 110 g/mol. The molecule has 0 atom stereocenters. The standard InChI is InChI=1S/C6H10N2/c1-5(2)6-3-7-8-4-6/h3-5H,1-2H3,(H,7,8). The second-order valence-electron chi connectivity index (χ2n) is 2.19. The molecular formula is C6H10N2. The average Bonchev–Trinajstić information content (AvgIpc) is 2.12. The minimum Gasteiger partial charge on any atom is -0.285 e. The van der Waals surface area contributed by atoms with Gasteiger partial charge in [-0.2, -0.15) is 5.10 Å². The molecule has 0 radical (unpaired) electrons. The SMILES string of the molecule is CC(C)c1cn[nH]c1. The van der Waals surface area contributed by atoms with E-state index in [1.807, 2.05) is 12.4 Å². The van der Waals surface area contributed by atoms with E-state index in [0.29, 0.717) is 5.92 Å². The van der Waals surface area contributed by atoms with Crippen LogP contribution in [0.1, 0.15) is 25.3 Å². The van der Waals surface area contributed by atoms with E-state index in [1.165, 1.54) is 5.56 Å². The summed E-state index contributed by atoms with van der Waals surface area (Å²) in [5.74, 6) is 0.591. The van der Waals surface area contributed by atoms with E-state index in [-0.39, 0.29) is 0 Å². The number of aromatic nitrogens is 2. The van der Waals surface area contributed by atoms with Gasteiger partial charge in [0.15, 0.2) is 0 Å². The number of nitrogens with one attached hydrogen (secondary N) is 1. The lowest BCUT2D eigenvalue weighted by molar-refractivity contribution is 0.868. The van der Waals surface area contributed by atoms with Crippen LogP contribution in [0.25, 0.3) is 0 Å². The first-order valence-corrected chi connectivity index (χ1v) is 2.79. The van der Waals surface area contributed by atoms with Gasteiger partial charge in [0.25, 0.3) is 0 Å². The summed E-state index contributed by atoms with van der Waals surface area (Å²) in [5.41, 5.74) is 1.27. The quantitative estimate of drug-likeness (QED) is 0.583. The second kappa shape index (κ2) is 1.99. The molecular weight excluding hydrogens is 100 g/mol. The highest BCUT2D eigenvalue weighted by atomic mass is 15.1. The highest BCUT2D eigenvalue weighted by Crippen LogP contribution is 2.09. The van der Waals surface area contributed by atoms with Crippen LogP contribution in [0.3, 0.4) is 0 Å². The molecule has 1 aromatic rings. The van der Waals surface area contributed by atoms with Gasteiger partial charge in [-0.3, -0.25) is 5.10 Å². The van der Waals surface area contributed by atoms with Crippen LogP contribution in [0.2, 0.25) is 0 Å². The van der Waals surface area contributed by atoms with Gasteiger partial charge in [0, 0.05) is 6.20 Å². The highest BCUT2D eigenvalue weighted by molar-refractivity contribution is 5.06. The third-order valence-corrected chi connectivity index (χ3v) is 1.19. The molecule has 2 nitrogen and oxygen atoms in total. The van der Waals surface area contributed by atoms with Crippen molar-refractivity contribution in [2.75, 3.05) is 0 Å². The Bertz CT molecular complexity index is 142. The summed E-state index contributed by atoms with van der Waals surface area (Å²) < 4.78 is 0. The van der Waals surface area contributed by atoms with Crippen molar-refractivity contribution in [2.45, 2.75) is 19.8 Å². The van der Waals surface area contributed by atoms with Crippen molar-refractivity contribution >= 4 is 0 Å². The summed E-state index contributed by atoms with van der Waals surface area (Å²) in [7, 11) is 0. The largest absolute Gasteiger partial charge is 0.285 e. The molecule has 0 amide bonds. The molecule has 0 aliphatic carbocycles. The molecule has 1 rings (SSSR count). The molecule has 2 heteroatoms. The van der Waals surface area contributed by atoms with E-state index in [9.17, 15) is 0 Å². The van der Waals surface area contributed by atoms with Gasteiger partial charge < -0.3 is 0 Å². The molecule has 0 bridgehead atoms. The number of rotatable bonds is 1. The van der Waals surface area contributed by atoms with Crippen molar-refractivity contribution in [3.8, 4) is 0 Å². The molecule has 0 aromatic carbocycles. The first kappa shape index (κ1) is 5.35. The molecule has 8 heavy (non-hydrogen) atoms. The van der Waals surface area contributed by atoms with Gasteiger partial charge in [0.2, 0.25) is 0 Å². The summed E-state index contributed by atoms with van der Waals surface area (Å²) in [6.45, 7) is 4.29. The molecule has 0 spiro atoms. The lowest BCUT2D eigenvalue weighted by Gasteiger charge is -1.94. The molecule has 0 saturated heterocycles. The fourth-order valence-electron chi connectivity index (χ4n) is 0.577. The number of hydrogen-bond acceptors (Lipinski definition) is 1. The van der Waals surface area contributed by atoms with Crippen molar-refractivity contribution in [3.63, 3.8) is 0 Å². The monoisotopic (exact) mass is 110 g/mol. The zero-order valence-corrected chi connectivity index (χ0v) is 5.18. The summed E-state index contributed by atoms with van der Waals surface area (Å²) >= 11 is 0. The zero-order valence-electron chi connectivity index (χ0n) is 5.18. The predicted octanol–water partition coefficient (Wildman–Crippen LogP) is 1.53. The number of nitrogens with zero attached hydrogens (tertiary/aromatic N) is 1. The fourth-order valence-corrected chi connectivity index (χ4v) is 0.577. The minimum absolute atomic E-state index is 0.591. The maximum absolute atomic E-state index is 3.82. The van der Waals surface area contributed by atoms with Gasteiger partial charge >= 0.3 is 0 Å². The Morgan fingerprint density at radius 2 is 2.38 bits per heavy atom. The fraction of sp³-hybridized carbons (Fsp3) is 0.500. The Morgan fingerprint density at radius 3 is 2.62 bits per heavy atom. The van der Waals surface area contributed by atoms with Crippen molar-refractivity contribution in [1.29, 1.82) is 0 Å². The first-order chi connectivity index (χ1) is 3.80. The van der Waals surface area contributed by atoms with Crippen molar-refractivity contribution in [1.82, 2.24) is 10.2 Å². The number of H-pyrrole nitrogens is 1. The molecule has 0 saturated carbocycles. The summed E-state index contributed by atoms with van der Waals surface area (Å²) in [4.78, 5) is 0. The van der Waals surface area contributed by atoms with E-state index in [1.54, 1.807) is 0 Å². The van der Waals surface area contributed by atoms with Crippen LogP contribution >= 0.6 is 0 Å². The van der Waals surface area contributed by atoms with Crippen LogP contribution in [0, 0.1) is 0 Å². The second-order valence-corrected chi connectivity index (χ2v) is 2.19. The Hall–Kier alpha value is -0.790. The molecule has 1 aromatic heterocycles. The lowest BCUT2D eigenvalue weighted by Crippen LogP contribution is -1.80. The van der Waals surface area contributed by atoms with E-state index in [0.717, 1.165) is 0 Å². The van der Waals surface area contributed by atoms with Gasteiger partial charge in [0.1, 0.15) is 0 Å². The third kappa shape index (κ3) is 0.886. The minimum atomic E-state index is 0.591. The topological polar surface area (TPSA) is 28.7 Å². The highest BCUT2D eigenvalue weighted by Gasteiger charge is 1.96. The third-order valence-electron chi connectivity index (χ3n) is 1.19. The van der Waals surface area contributed by atoms with Crippen LogP contribution in [0.15, 0.2) is 12.4 Å². The molecule has 44 valence electrons. The van der Waals surface area contributed by atoms with Crippen LogP contribution < -0.4 is 0 Å². The predicted molar refractivity (Wildman–Crippen MR) is 32.7 cm³/mol. The van der Waals surface area contributed by atoms with Crippen molar-refractivity contribution in [3.05, 3.63) is 18.0 Å². The maximum Gasteiger partial charge on any atom is 0.0521 e. The lowest BCUT2D eigenvalue weighted by atomic mass is 10.1. The molecule has 0 fully saturated rings. The summed E-state index contributed by atoms with van der Waals surface area (Å²) in [6, 6.07) is 0. The zero-order chi connectivity index (χ0) is 5.98. The van der Waals surface area contributed by atoms with Crippen molar-refractivity contribution < 1.29 is 0 Å². The normalized spacial score (nSPS) is 10.4. The van der Waals surface area contributed by atoms with Gasteiger partial charge in [-0.05, 0) is 11.5 Å².